The molecule has 2 nitrogen and oxygen atoms in total. The standard InChI is InChI=1S/C17H21NOS/c1-4-18-13(2)16-7-5-6-8-17(16)19-14-9-11-15(20-3)12-10-14/h5-13,18H,4H2,1-3H3. The van der Waals surface area contributed by atoms with Crippen molar-refractivity contribution in [2.75, 3.05) is 12.8 Å². The topological polar surface area (TPSA) is 21.3 Å². The molecule has 0 aliphatic rings. The van der Waals surface area contributed by atoms with Crippen LogP contribution in [0.2, 0.25) is 0 Å². The second-order valence-electron chi connectivity index (χ2n) is 4.59. The molecule has 0 bridgehead atoms. The largest absolute Gasteiger partial charge is 0.457 e. The van der Waals surface area contributed by atoms with Gasteiger partial charge in [0.1, 0.15) is 11.5 Å². The number of benzene rings is 2. The summed E-state index contributed by atoms with van der Waals surface area (Å²) in [5.74, 6) is 1.79. The van der Waals surface area contributed by atoms with Crippen molar-refractivity contribution in [3.63, 3.8) is 0 Å². The van der Waals surface area contributed by atoms with Crippen LogP contribution in [-0.2, 0) is 0 Å². The Morgan fingerprint density at radius 3 is 2.45 bits per heavy atom. The molecule has 1 unspecified atom stereocenters. The summed E-state index contributed by atoms with van der Waals surface area (Å²) < 4.78 is 6.03. The lowest BCUT2D eigenvalue weighted by molar-refractivity contribution is 0.463. The number of hydrogen-bond acceptors (Lipinski definition) is 3. The molecular weight excluding hydrogens is 266 g/mol. The summed E-state index contributed by atoms with van der Waals surface area (Å²) in [7, 11) is 0. The Bertz CT molecular complexity index is 539. The van der Waals surface area contributed by atoms with Crippen LogP contribution in [-0.4, -0.2) is 12.8 Å². The van der Waals surface area contributed by atoms with E-state index in [1.54, 1.807) is 11.8 Å². The van der Waals surface area contributed by atoms with Gasteiger partial charge in [-0.2, -0.15) is 0 Å². The lowest BCUT2D eigenvalue weighted by atomic mass is 10.1. The molecule has 0 aromatic heterocycles. The highest BCUT2D eigenvalue weighted by Crippen LogP contribution is 2.30. The molecule has 20 heavy (non-hydrogen) atoms. The van der Waals surface area contributed by atoms with Crippen LogP contribution in [0.3, 0.4) is 0 Å². The van der Waals surface area contributed by atoms with Gasteiger partial charge in [0.2, 0.25) is 0 Å². The normalized spacial score (nSPS) is 12.2. The molecule has 1 N–H and O–H groups in total. The second kappa shape index (κ2) is 7.36. The second-order valence-corrected chi connectivity index (χ2v) is 5.47. The Hall–Kier alpha value is -1.45. The molecule has 0 heterocycles. The van der Waals surface area contributed by atoms with Crippen molar-refractivity contribution >= 4 is 11.8 Å². The van der Waals surface area contributed by atoms with Crippen molar-refractivity contribution in [3.8, 4) is 11.5 Å². The minimum absolute atomic E-state index is 0.279. The van der Waals surface area contributed by atoms with Crippen LogP contribution in [0.15, 0.2) is 53.4 Å². The first-order valence-electron chi connectivity index (χ1n) is 6.88. The molecule has 0 fully saturated rings. The van der Waals surface area contributed by atoms with E-state index in [0.717, 1.165) is 18.0 Å². The van der Waals surface area contributed by atoms with Crippen LogP contribution < -0.4 is 10.1 Å². The molecule has 0 spiro atoms. The van der Waals surface area contributed by atoms with E-state index in [9.17, 15) is 0 Å². The van der Waals surface area contributed by atoms with E-state index in [0.29, 0.717) is 0 Å². The molecule has 0 saturated carbocycles. The molecule has 106 valence electrons. The predicted octanol–water partition coefficient (Wildman–Crippen LogP) is 4.87. The zero-order valence-corrected chi connectivity index (χ0v) is 13.0. The average Bonchev–Trinajstić information content (AvgIpc) is 2.49. The van der Waals surface area contributed by atoms with Gasteiger partial charge in [-0.3, -0.25) is 0 Å². The molecule has 0 aliphatic heterocycles. The van der Waals surface area contributed by atoms with Crippen LogP contribution in [0.1, 0.15) is 25.5 Å². The highest BCUT2D eigenvalue weighted by atomic mass is 32.2. The van der Waals surface area contributed by atoms with E-state index in [2.05, 4.69) is 43.6 Å². The third-order valence-electron chi connectivity index (χ3n) is 3.18. The Morgan fingerprint density at radius 2 is 1.80 bits per heavy atom. The summed E-state index contributed by atoms with van der Waals surface area (Å²) in [5, 5.41) is 3.42. The first kappa shape index (κ1) is 14.9. The maximum absolute atomic E-state index is 6.03. The van der Waals surface area contributed by atoms with Crippen molar-refractivity contribution in [2.24, 2.45) is 0 Å². The van der Waals surface area contributed by atoms with E-state index in [1.165, 1.54) is 10.5 Å². The van der Waals surface area contributed by atoms with E-state index in [-0.39, 0.29) is 6.04 Å². The lowest BCUT2D eigenvalue weighted by Gasteiger charge is -2.17. The molecule has 2 aromatic rings. The Balaban J connectivity index is 2.19. The fourth-order valence-electron chi connectivity index (χ4n) is 2.12. The van der Waals surface area contributed by atoms with Crippen molar-refractivity contribution < 1.29 is 4.74 Å². The summed E-state index contributed by atoms with van der Waals surface area (Å²) in [6, 6.07) is 16.7. The van der Waals surface area contributed by atoms with E-state index in [1.807, 2.05) is 30.3 Å². The fraction of sp³-hybridized carbons (Fsp3) is 0.294. The van der Waals surface area contributed by atoms with Crippen LogP contribution in [0.5, 0.6) is 11.5 Å². The molecular formula is C17H21NOS. The summed E-state index contributed by atoms with van der Waals surface area (Å²) in [6.07, 6.45) is 2.07. The summed E-state index contributed by atoms with van der Waals surface area (Å²) >= 11 is 1.73. The van der Waals surface area contributed by atoms with Gasteiger partial charge in [0.25, 0.3) is 0 Å². The number of rotatable bonds is 6. The molecule has 0 saturated heterocycles. The minimum atomic E-state index is 0.279. The van der Waals surface area contributed by atoms with Gasteiger partial charge in [0.05, 0.1) is 0 Å². The van der Waals surface area contributed by atoms with Crippen LogP contribution >= 0.6 is 11.8 Å². The third kappa shape index (κ3) is 3.78. The zero-order valence-electron chi connectivity index (χ0n) is 12.2. The van der Waals surface area contributed by atoms with Gasteiger partial charge < -0.3 is 10.1 Å². The van der Waals surface area contributed by atoms with Gasteiger partial charge >= 0.3 is 0 Å². The number of hydrogen-bond donors (Lipinski definition) is 1. The number of nitrogens with one attached hydrogen (secondary N) is 1. The average molecular weight is 287 g/mol. The van der Waals surface area contributed by atoms with Crippen molar-refractivity contribution in [1.29, 1.82) is 0 Å². The highest BCUT2D eigenvalue weighted by Gasteiger charge is 2.10. The summed E-state index contributed by atoms with van der Waals surface area (Å²) in [5.41, 5.74) is 1.18. The maximum atomic E-state index is 6.03. The third-order valence-corrected chi connectivity index (χ3v) is 3.93. The SMILES string of the molecule is CCNC(C)c1ccccc1Oc1ccc(SC)cc1. The smallest absolute Gasteiger partial charge is 0.132 e. The van der Waals surface area contributed by atoms with E-state index in [4.69, 9.17) is 4.74 Å². The first-order valence-corrected chi connectivity index (χ1v) is 8.11. The van der Waals surface area contributed by atoms with Gasteiger partial charge in [0, 0.05) is 16.5 Å². The quantitative estimate of drug-likeness (QED) is 0.766. The Morgan fingerprint density at radius 1 is 1.10 bits per heavy atom. The van der Waals surface area contributed by atoms with Crippen LogP contribution in [0.25, 0.3) is 0 Å². The molecule has 2 aromatic carbocycles. The molecule has 1 atom stereocenters. The van der Waals surface area contributed by atoms with Crippen LogP contribution in [0, 0.1) is 0 Å². The Kier molecular flexibility index (Phi) is 5.50. The highest BCUT2D eigenvalue weighted by molar-refractivity contribution is 7.98. The minimum Gasteiger partial charge on any atom is -0.457 e. The fourth-order valence-corrected chi connectivity index (χ4v) is 2.53. The van der Waals surface area contributed by atoms with Gasteiger partial charge in [-0.1, -0.05) is 25.1 Å². The molecule has 0 radical (unpaired) electrons. The van der Waals surface area contributed by atoms with E-state index >= 15 is 0 Å². The predicted molar refractivity (Wildman–Crippen MR) is 86.8 cm³/mol. The maximum Gasteiger partial charge on any atom is 0.132 e. The molecule has 0 amide bonds. The summed E-state index contributed by atoms with van der Waals surface area (Å²) in [4.78, 5) is 1.24. The molecule has 0 aliphatic carbocycles. The zero-order chi connectivity index (χ0) is 14.4. The summed E-state index contributed by atoms with van der Waals surface area (Å²) in [6.45, 7) is 5.21. The number of ether oxygens (including phenoxy) is 1. The molecule has 2 rings (SSSR count). The van der Waals surface area contributed by atoms with E-state index < -0.39 is 0 Å². The van der Waals surface area contributed by atoms with Crippen molar-refractivity contribution in [3.05, 3.63) is 54.1 Å². The molecule has 3 heteroatoms. The van der Waals surface area contributed by atoms with Gasteiger partial charge in [-0.05, 0) is 50.1 Å². The lowest BCUT2D eigenvalue weighted by Crippen LogP contribution is -2.18. The van der Waals surface area contributed by atoms with Crippen LogP contribution in [0.4, 0.5) is 0 Å². The van der Waals surface area contributed by atoms with Crippen molar-refractivity contribution in [2.45, 2.75) is 24.8 Å². The van der Waals surface area contributed by atoms with Gasteiger partial charge in [-0.15, -0.1) is 11.8 Å². The number of thioether (sulfide) groups is 1. The Labute approximate surface area is 125 Å². The number of para-hydroxylation sites is 1. The van der Waals surface area contributed by atoms with Gasteiger partial charge in [-0.25, -0.2) is 0 Å². The first-order chi connectivity index (χ1) is 9.74. The monoisotopic (exact) mass is 287 g/mol. The van der Waals surface area contributed by atoms with Crippen molar-refractivity contribution in [1.82, 2.24) is 5.32 Å². The van der Waals surface area contributed by atoms with Gasteiger partial charge in [0.15, 0.2) is 0 Å².